The van der Waals surface area contributed by atoms with Crippen molar-refractivity contribution >= 4 is 5.91 Å². The van der Waals surface area contributed by atoms with Crippen LogP contribution in [0.2, 0.25) is 0 Å². The van der Waals surface area contributed by atoms with Crippen LogP contribution in [-0.4, -0.2) is 34.9 Å². The summed E-state index contributed by atoms with van der Waals surface area (Å²) < 4.78 is 0. The minimum atomic E-state index is -0.835. The van der Waals surface area contributed by atoms with Crippen molar-refractivity contribution in [3.05, 3.63) is 60.8 Å². The molecule has 4 nitrogen and oxygen atoms in total. The van der Waals surface area contributed by atoms with E-state index >= 15 is 0 Å². The molecule has 58 heavy (non-hydrogen) atoms. The number of allylic oxidation sites excluding steroid dienone is 9. The Morgan fingerprint density at radius 3 is 1.14 bits per heavy atom. The first-order valence-corrected chi connectivity index (χ1v) is 25.5. The summed E-state index contributed by atoms with van der Waals surface area (Å²) in [6, 6.07) is -0.619. The van der Waals surface area contributed by atoms with Gasteiger partial charge < -0.3 is 15.5 Å². The number of aliphatic hydroxyl groups is 2. The zero-order valence-corrected chi connectivity index (χ0v) is 38.8. The van der Waals surface area contributed by atoms with Crippen LogP contribution in [0.1, 0.15) is 258 Å². The third-order valence-corrected chi connectivity index (χ3v) is 11.5. The summed E-state index contributed by atoms with van der Waals surface area (Å²) in [7, 11) is 0. The maximum absolute atomic E-state index is 12.4. The average Bonchev–Trinajstić information content (AvgIpc) is 3.23. The molecule has 338 valence electrons. The van der Waals surface area contributed by atoms with E-state index in [1.807, 2.05) is 6.08 Å². The average molecular weight is 810 g/mol. The summed E-state index contributed by atoms with van der Waals surface area (Å²) in [5, 5.41) is 22.9. The highest BCUT2D eigenvalue weighted by atomic mass is 16.3. The van der Waals surface area contributed by atoms with Crippen molar-refractivity contribution in [2.45, 2.75) is 270 Å². The predicted octanol–water partition coefficient (Wildman–Crippen LogP) is 16.5. The van der Waals surface area contributed by atoms with Crippen molar-refractivity contribution in [1.82, 2.24) is 5.32 Å². The molecule has 0 radical (unpaired) electrons. The summed E-state index contributed by atoms with van der Waals surface area (Å²) in [6.07, 6.45) is 69.6. The minimum absolute atomic E-state index is 0.0641. The maximum atomic E-state index is 12.4. The normalized spacial score (nSPS) is 13.4. The molecule has 0 rings (SSSR count). The van der Waals surface area contributed by atoms with Crippen molar-refractivity contribution in [1.29, 1.82) is 0 Å². The maximum Gasteiger partial charge on any atom is 0.220 e. The van der Waals surface area contributed by atoms with E-state index in [-0.39, 0.29) is 12.5 Å². The molecule has 2 atom stereocenters. The fourth-order valence-corrected chi connectivity index (χ4v) is 7.64. The number of rotatable bonds is 46. The van der Waals surface area contributed by atoms with E-state index in [2.05, 4.69) is 67.8 Å². The van der Waals surface area contributed by atoms with E-state index in [4.69, 9.17) is 0 Å². The van der Waals surface area contributed by atoms with Crippen LogP contribution in [0.3, 0.4) is 0 Å². The Bertz CT molecular complexity index is 965. The van der Waals surface area contributed by atoms with Crippen LogP contribution in [0.15, 0.2) is 60.8 Å². The van der Waals surface area contributed by atoms with Gasteiger partial charge in [0.1, 0.15) is 0 Å². The van der Waals surface area contributed by atoms with E-state index < -0.39 is 12.1 Å². The lowest BCUT2D eigenvalue weighted by Crippen LogP contribution is -2.45. The SMILES string of the molecule is CC/C=C\C/C=C\C/C=C\C/C=C\CCCCCCCCCCCCCCCCCCCCCCCCCCC(=O)NC(CO)C(O)/C=C/CCCCCCCCC. The molecule has 0 saturated carbocycles. The van der Waals surface area contributed by atoms with Gasteiger partial charge in [0.2, 0.25) is 5.91 Å². The van der Waals surface area contributed by atoms with Crippen molar-refractivity contribution in [2.24, 2.45) is 0 Å². The monoisotopic (exact) mass is 810 g/mol. The van der Waals surface area contributed by atoms with Crippen molar-refractivity contribution in [3.63, 3.8) is 0 Å². The molecule has 0 bridgehead atoms. The third kappa shape index (κ3) is 45.2. The first-order chi connectivity index (χ1) is 28.7. The second kappa shape index (κ2) is 49.5. The Balaban J connectivity index is 3.38. The van der Waals surface area contributed by atoms with E-state index in [9.17, 15) is 15.0 Å². The minimum Gasteiger partial charge on any atom is -0.394 e. The molecule has 0 saturated heterocycles. The first kappa shape index (κ1) is 56.1. The highest BCUT2D eigenvalue weighted by molar-refractivity contribution is 5.76. The van der Waals surface area contributed by atoms with Crippen molar-refractivity contribution in [2.75, 3.05) is 6.61 Å². The Labute approximate surface area is 362 Å². The predicted molar refractivity (Wildman–Crippen MR) is 258 cm³/mol. The highest BCUT2D eigenvalue weighted by Crippen LogP contribution is 2.16. The second-order valence-corrected chi connectivity index (χ2v) is 17.2. The topological polar surface area (TPSA) is 69.6 Å². The molecule has 0 aromatic heterocycles. The lowest BCUT2D eigenvalue weighted by atomic mass is 10.0. The van der Waals surface area contributed by atoms with Gasteiger partial charge in [0.15, 0.2) is 0 Å². The van der Waals surface area contributed by atoms with Crippen LogP contribution in [0.4, 0.5) is 0 Å². The third-order valence-electron chi connectivity index (χ3n) is 11.5. The van der Waals surface area contributed by atoms with Gasteiger partial charge in [0.25, 0.3) is 0 Å². The Kier molecular flexibility index (Phi) is 47.8. The summed E-state index contributed by atoms with van der Waals surface area (Å²) in [6.45, 7) is 4.17. The molecule has 0 aliphatic heterocycles. The van der Waals surface area contributed by atoms with Gasteiger partial charge in [0, 0.05) is 6.42 Å². The second-order valence-electron chi connectivity index (χ2n) is 17.2. The molecular formula is C54H99NO3. The molecule has 3 N–H and O–H groups in total. The summed E-state index contributed by atoms with van der Waals surface area (Å²) in [5.41, 5.74) is 0. The number of nitrogens with one attached hydrogen (secondary N) is 1. The molecule has 1 amide bonds. The molecule has 0 aliphatic rings. The molecule has 0 aliphatic carbocycles. The molecule has 2 unspecified atom stereocenters. The van der Waals surface area contributed by atoms with Gasteiger partial charge in [-0.25, -0.2) is 0 Å². The fourth-order valence-electron chi connectivity index (χ4n) is 7.64. The fraction of sp³-hybridized carbons (Fsp3) is 0.796. The van der Waals surface area contributed by atoms with E-state index in [1.54, 1.807) is 6.08 Å². The molecular weight excluding hydrogens is 711 g/mol. The summed E-state index contributed by atoms with van der Waals surface area (Å²) in [4.78, 5) is 12.4. The van der Waals surface area contributed by atoms with Crippen molar-refractivity contribution < 1.29 is 15.0 Å². The summed E-state index contributed by atoms with van der Waals surface area (Å²) in [5.74, 6) is -0.0641. The zero-order chi connectivity index (χ0) is 42.1. The first-order valence-electron chi connectivity index (χ1n) is 25.5. The number of aliphatic hydroxyl groups excluding tert-OH is 2. The lowest BCUT2D eigenvalue weighted by Gasteiger charge is -2.20. The standard InChI is InChI=1S/C54H99NO3/c1-3-5-7-9-11-13-14-15-16-17-18-19-20-21-22-23-24-25-26-27-28-29-30-31-32-33-34-35-36-37-38-39-40-42-44-46-48-50-54(58)55-52(51-56)53(57)49-47-45-43-41-12-10-8-6-4-2/h5,7,11,13,15-16,18-19,47,49,52-53,56-57H,3-4,6,8-10,12,14,17,20-46,48,50-51H2,1-2H3,(H,55,58)/b7-5-,13-11-,16-15-,19-18-,49-47+. The van der Waals surface area contributed by atoms with Crippen molar-refractivity contribution in [3.8, 4) is 0 Å². The van der Waals surface area contributed by atoms with E-state index in [0.717, 1.165) is 51.4 Å². The Morgan fingerprint density at radius 2 is 0.759 bits per heavy atom. The van der Waals surface area contributed by atoms with Crippen LogP contribution in [0, 0.1) is 0 Å². The quantitative estimate of drug-likeness (QED) is 0.0424. The zero-order valence-electron chi connectivity index (χ0n) is 38.8. The lowest BCUT2D eigenvalue weighted by molar-refractivity contribution is -0.123. The number of carbonyl (C=O) groups is 1. The van der Waals surface area contributed by atoms with Gasteiger partial charge in [-0.1, -0.05) is 254 Å². The number of hydrogen-bond acceptors (Lipinski definition) is 3. The molecule has 4 heteroatoms. The summed E-state index contributed by atoms with van der Waals surface area (Å²) >= 11 is 0. The van der Waals surface area contributed by atoms with Crippen LogP contribution in [0.5, 0.6) is 0 Å². The largest absolute Gasteiger partial charge is 0.394 e. The van der Waals surface area contributed by atoms with Gasteiger partial charge in [-0.2, -0.15) is 0 Å². The highest BCUT2D eigenvalue weighted by Gasteiger charge is 2.18. The molecule has 0 fully saturated rings. The number of unbranched alkanes of at least 4 members (excludes halogenated alkanes) is 31. The number of carbonyl (C=O) groups excluding carboxylic acids is 1. The van der Waals surface area contributed by atoms with Crippen LogP contribution in [0.25, 0.3) is 0 Å². The molecule has 0 heterocycles. The van der Waals surface area contributed by atoms with E-state index in [1.165, 1.54) is 186 Å². The van der Waals surface area contributed by atoms with E-state index in [0.29, 0.717) is 6.42 Å². The van der Waals surface area contributed by atoms with Crippen LogP contribution in [-0.2, 0) is 4.79 Å². The van der Waals surface area contributed by atoms with Gasteiger partial charge in [-0.3, -0.25) is 4.79 Å². The van der Waals surface area contributed by atoms with Crippen LogP contribution >= 0.6 is 0 Å². The smallest absolute Gasteiger partial charge is 0.220 e. The number of amides is 1. The Morgan fingerprint density at radius 1 is 0.431 bits per heavy atom. The molecule has 0 aromatic carbocycles. The van der Waals surface area contributed by atoms with Gasteiger partial charge >= 0.3 is 0 Å². The van der Waals surface area contributed by atoms with Gasteiger partial charge in [-0.05, 0) is 57.8 Å². The number of hydrogen-bond donors (Lipinski definition) is 3. The van der Waals surface area contributed by atoms with Crippen LogP contribution < -0.4 is 5.32 Å². The molecule has 0 spiro atoms. The van der Waals surface area contributed by atoms with Gasteiger partial charge in [0.05, 0.1) is 18.8 Å². The Hall–Kier alpha value is -1.91. The molecule has 0 aromatic rings. The van der Waals surface area contributed by atoms with Gasteiger partial charge in [-0.15, -0.1) is 0 Å².